The zero-order valence-corrected chi connectivity index (χ0v) is 14.9. The Balaban J connectivity index is 2.17. The third-order valence-corrected chi connectivity index (χ3v) is 4.42. The average molecular weight is 368 g/mol. The van der Waals surface area contributed by atoms with Gasteiger partial charge in [0.2, 0.25) is 0 Å². The summed E-state index contributed by atoms with van der Waals surface area (Å²) in [5, 5.41) is 4.01. The molecule has 0 heterocycles. The molecule has 0 saturated carbocycles. The molecule has 112 valence electrons. The van der Waals surface area contributed by atoms with Crippen LogP contribution in [0.5, 0.6) is 0 Å². The van der Waals surface area contributed by atoms with Gasteiger partial charge in [0, 0.05) is 24.1 Å². The minimum absolute atomic E-state index is 0.298. The van der Waals surface area contributed by atoms with Crippen LogP contribution in [-0.2, 0) is 6.54 Å². The van der Waals surface area contributed by atoms with Gasteiger partial charge in [-0.3, -0.25) is 0 Å². The molecule has 0 radical (unpaired) electrons. The first-order valence-electron chi connectivity index (χ1n) is 6.93. The Morgan fingerprint density at radius 2 is 2.00 bits per heavy atom. The number of hydrogen-bond acceptors (Lipinski definition) is 2. The maximum Gasteiger partial charge on any atom is 0.0642 e. The SMILES string of the molecule is CNC(C)c1ccc(N(C)Cc2cccc(Br)c2)c(Cl)c1. The summed E-state index contributed by atoms with van der Waals surface area (Å²) in [7, 11) is 4.01. The minimum atomic E-state index is 0.298. The van der Waals surface area contributed by atoms with E-state index in [2.05, 4.69) is 64.4 Å². The Kier molecular flexibility index (Phi) is 5.68. The first kappa shape index (κ1) is 16.3. The fourth-order valence-electron chi connectivity index (χ4n) is 2.26. The standard InChI is InChI=1S/C17H20BrClN2/c1-12(20-2)14-7-8-17(16(19)10-14)21(3)11-13-5-4-6-15(18)9-13/h4-10,12,20H,11H2,1-3H3. The van der Waals surface area contributed by atoms with Crippen molar-refractivity contribution in [1.29, 1.82) is 0 Å². The van der Waals surface area contributed by atoms with Crippen molar-refractivity contribution in [2.75, 3.05) is 19.0 Å². The number of rotatable bonds is 5. The average Bonchev–Trinajstić information content (AvgIpc) is 2.46. The van der Waals surface area contributed by atoms with E-state index in [4.69, 9.17) is 11.6 Å². The molecule has 0 aliphatic carbocycles. The van der Waals surface area contributed by atoms with Crippen LogP contribution >= 0.6 is 27.5 Å². The predicted octanol–water partition coefficient (Wildman–Crippen LogP) is 5.02. The van der Waals surface area contributed by atoms with E-state index >= 15 is 0 Å². The van der Waals surface area contributed by atoms with Gasteiger partial charge in [-0.05, 0) is 49.4 Å². The van der Waals surface area contributed by atoms with Gasteiger partial charge in [-0.25, -0.2) is 0 Å². The highest BCUT2D eigenvalue weighted by atomic mass is 79.9. The zero-order valence-electron chi connectivity index (χ0n) is 12.5. The maximum absolute atomic E-state index is 6.44. The smallest absolute Gasteiger partial charge is 0.0642 e. The van der Waals surface area contributed by atoms with Crippen LogP contribution in [0, 0.1) is 0 Å². The van der Waals surface area contributed by atoms with Gasteiger partial charge >= 0.3 is 0 Å². The molecule has 1 atom stereocenters. The molecule has 2 nitrogen and oxygen atoms in total. The zero-order chi connectivity index (χ0) is 15.4. The Labute approximate surface area is 140 Å². The Morgan fingerprint density at radius 1 is 1.24 bits per heavy atom. The van der Waals surface area contributed by atoms with E-state index in [0.717, 1.165) is 21.7 Å². The number of anilines is 1. The summed E-state index contributed by atoms with van der Waals surface area (Å²) >= 11 is 9.95. The quantitative estimate of drug-likeness (QED) is 0.798. The van der Waals surface area contributed by atoms with Crippen LogP contribution in [0.1, 0.15) is 24.1 Å². The molecule has 21 heavy (non-hydrogen) atoms. The van der Waals surface area contributed by atoms with Crippen LogP contribution in [0.15, 0.2) is 46.9 Å². The Morgan fingerprint density at radius 3 is 2.62 bits per heavy atom. The normalized spacial score (nSPS) is 12.2. The van der Waals surface area contributed by atoms with Crippen molar-refractivity contribution >= 4 is 33.2 Å². The highest BCUT2D eigenvalue weighted by molar-refractivity contribution is 9.10. The monoisotopic (exact) mass is 366 g/mol. The molecule has 0 spiro atoms. The van der Waals surface area contributed by atoms with Gasteiger partial charge in [-0.15, -0.1) is 0 Å². The topological polar surface area (TPSA) is 15.3 Å². The molecule has 0 aliphatic heterocycles. The Bertz CT molecular complexity index is 615. The molecule has 0 fully saturated rings. The van der Waals surface area contributed by atoms with E-state index in [1.807, 2.05) is 25.2 Å². The van der Waals surface area contributed by atoms with Gasteiger partial charge in [0.1, 0.15) is 0 Å². The maximum atomic E-state index is 6.44. The number of benzene rings is 2. The number of hydrogen-bond donors (Lipinski definition) is 1. The molecule has 0 bridgehead atoms. The lowest BCUT2D eigenvalue weighted by Crippen LogP contribution is -2.17. The van der Waals surface area contributed by atoms with Gasteiger partial charge in [0.05, 0.1) is 10.7 Å². The molecule has 0 aromatic heterocycles. The molecule has 2 aromatic rings. The van der Waals surface area contributed by atoms with Crippen molar-refractivity contribution in [2.45, 2.75) is 19.5 Å². The number of nitrogens with one attached hydrogen (secondary N) is 1. The van der Waals surface area contributed by atoms with Gasteiger partial charge in [-0.2, -0.15) is 0 Å². The first-order valence-corrected chi connectivity index (χ1v) is 8.10. The second-order valence-corrected chi connectivity index (χ2v) is 6.53. The highest BCUT2D eigenvalue weighted by Gasteiger charge is 2.10. The van der Waals surface area contributed by atoms with Gasteiger partial charge in [0.15, 0.2) is 0 Å². The third-order valence-electron chi connectivity index (χ3n) is 3.62. The molecule has 2 rings (SSSR count). The fraction of sp³-hybridized carbons (Fsp3) is 0.294. The molecular weight excluding hydrogens is 348 g/mol. The molecule has 2 aromatic carbocycles. The molecule has 1 N–H and O–H groups in total. The van der Waals surface area contributed by atoms with Gasteiger partial charge in [0.25, 0.3) is 0 Å². The van der Waals surface area contributed by atoms with E-state index < -0.39 is 0 Å². The third kappa shape index (κ3) is 4.22. The van der Waals surface area contributed by atoms with Crippen molar-refractivity contribution in [3.05, 3.63) is 63.1 Å². The van der Waals surface area contributed by atoms with Gasteiger partial charge < -0.3 is 10.2 Å². The van der Waals surface area contributed by atoms with Crippen LogP contribution in [0.3, 0.4) is 0 Å². The summed E-state index contributed by atoms with van der Waals surface area (Å²) in [4.78, 5) is 2.16. The van der Waals surface area contributed by atoms with Crippen molar-refractivity contribution < 1.29 is 0 Å². The summed E-state index contributed by atoms with van der Waals surface area (Å²) in [6, 6.07) is 14.9. The van der Waals surface area contributed by atoms with Gasteiger partial charge in [-0.1, -0.05) is 45.7 Å². The summed E-state index contributed by atoms with van der Waals surface area (Å²) in [5.74, 6) is 0. The molecule has 0 saturated heterocycles. The van der Waals surface area contributed by atoms with Crippen LogP contribution in [0.25, 0.3) is 0 Å². The summed E-state index contributed by atoms with van der Waals surface area (Å²) in [6.07, 6.45) is 0. The van der Waals surface area contributed by atoms with E-state index in [9.17, 15) is 0 Å². The minimum Gasteiger partial charge on any atom is -0.369 e. The second-order valence-electron chi connectivity index (χ2n) is 5.21. The van der Waals surface area contributed by atoms with E-state index in [1.165, 1.54) is 11.1 Å². The lowest BCUT2D eigenvalue weighted by atomic mass is 10.1. The molecule has 0 amide bonds. The summed E-state index contributed by atoms with van der Waals surface area (Å²) < 4.78 is 1.10. The summed E-state index contributed by atoms with van der Waals surface area (Å²) in [6.45, 7) is 2.94. The number of halogens is 2. The largest absolute Gasteiger partial charge is 0.369 e. The van der Waals surface area contributed by atoms with Crippen molar-refractivity contribution in [3.8, 4) is 0 Å². The second kappa shape index (κ2) is 7.30. The highest BCUT2D eigenvalue weighted by Crippen LogP contribution is 2.29. The van der Waals surface area contributed by atoms with Crippen molar-refractivity contribution in [2.24, 2.45) is 0 Å². The van der Waals surface area contributed by atoms with Crippen molar-refractivity contribution in [3.63, 3.8) is 0 Å². The van der Waals surface area contributed by atoms with Crippen LogP contribution < -0.4 is 10.2 Å². The van der Waals surface area contributed by atoms with E-state index in [1.54, 1.807) is 0 Å². The molecule has 4 heteroatoms. The molecule has 1 unspecified atom stereocenters. The van der Waals surface area contributed by atoms with E-state index in [-0.39, 0.29) is 0 Å². The summed E-state index contributed by atoms with van der Waals surface area (Å²) in [5.41, 5.74) is 3.49. The fourth-order valence-corrected chi connectivity index (χ4v) is 3.04. The van der Waals surface area contributed by atoms with Crippen LogP contribution in [0.4, 0.5) is 5.69 Å². The number of nitrogens with zero attached hydrogens (tertiary/aromatic N) is 1. The van der Waals surface area contributed by atoms with Crippen LogP contribution in [-0.4, -0.2) is 14.1 Å². The Hall–Kier alpha value is -1.03. The van der Waals surface area contributed by atoms with Crippen LogP contribution in [0.2, 0.25) is 5.02 Å². The first-order chi connectivity index (χ1) is 10.0. The lowest BCUT2D eigenvalue weighted by molar-refractivity contribution is 0.652. The lowest BCUT2D eigenvalue weighted by Gasteiger charge is -2.22. The predicted molar refractivity (Wildman–Crippen MR) is 95.2 cm³/mol. The van der Waals surface area contributed by atoms with Crippen molar-refractivity contribution in [1.82, 2.24) is 5.32 Å². The molecule has 0 aliphatic rings. The van der Waals surface area contributed by atoms with E-state index in [0.29, 0.717) is 6.04 Å². The molecular formula is C17H20BrClN2.